The van der Waals surface area contributed by atoms with E-state index in [-0.39, 0.29) is 17.9 Å². The van der Waals surface area contributed by atoms with Gasteiger partial charge in [-0.2, -0.15) is 0 Å². The molecule has 2 aromatic rings. The molecule has 1 heterocycles. The molecule has 2 aliphatic carbocycles. The number of carbonyl (C=O) groups excluding carboxylic acids is 1. The van der Waals surface area contributed by atoms with Crippen molar-refractivity contribution in [3.8, 4) is 17.4 Å². The molecule has 1 aromatic carbocycles. The second kappa shape index (κ2) is 8.19. The van der Waals surface area contributed by atoms with Crippen molar-refractivity contribution in [2.24, 2.45) is 23.5 Å². The molecule has 0 spiro atoms. The Morgan fingerprint density at radius 2 is 1.93 bits per heavy atom. The molecule has 3 N–H and O–H groups in total. The molecule has 6 nitrogen and oxygen atoms in total. The van der Waals surface area contributed by atoms with E-state index >= 15 is 0 Å². The first kappa shape index (κ1) is 18.7. The highest BCUT2D eigenvalue weighted by atomic mass is 16.5. The molecule has 2 aliphatic rings. The van der Waals surface area contributed by atoms with Gasteiger partial charge in [-0.25, -0.2) is 4.98 Å². The molecular formula is C22H27N3O3. The summed E-state index contributed by atoms with van der Waals surface area (Å²) in [4.78, 5) is 16.9. The van der Waals surface area contributed by atoms with E-state index in [1.54, 1.807) is 6.20 Å². The predicted octanol–water partition coefficient (Wildman–Crippen LogP) is 3.26. The van der Waals surface area contributed by atoms with E-state index in [9.17, 15) is 4.79 Å². The minimum absolute atomic E-state index is 0.00902. The molecule has 4 unspecified atom stereocenters. The fourth-order valence-corrected chi connectivity index (χ4v) is 4.54. The summed E-state index contributed by atoms with van der Waals surface area (Å²) in [5.41, 5.74) is 7.22. The number of fused-ring (bicyclic) bond motifs is 2. The van der Waals surface area contributed by atoms with Crippen molar-refractivity contribution in [3.63, 3.8) is 0 Å². The van der Waals surface area contributed by atoms with Crippen LogP contribution in [0.15, 0.2) is 42.6 Å². The Morgan fingerprint density at radius 3 is 2.64 bits per heavy atom. The van der Waals surface area contributed by atoms with Gasteiger partial charge in [0.2, 0.25) is 11.8 Å². The zero-order valence-corrected chi connectivity index (χ0v) is 16.1. The first-order chi connectivity index (χ1) is 13.6. The van der Waals surface area contributed by atoms with Crippen LogP contribution < -0.4 is 20.5 Å². The monoisotopic (exact) mass is 381 g/mol. The van der Waals surface area contributed by atoms with Gasteiger partial charge in [-0.05, 0) is 73.9 Å². The van der Waals surface area contributed by atoms with Crippen LogP contribution in [0.4, 0.5) is 0 Å². The summed E-state index contributed by atoms with van der Waals surface area (Å²) in [5.74, 6) is 2.99. The largest absolute Gasteiger partial charge is 0.494 e. The van der Waals surface area contributed by atoms with E-state index in [2.05, 4.69) is 10.3 Å². The molecule has 28 heavy (non-hydrogen) atoms. The average molecular weight is 381 g/mol. The van der Waals surface area contributed by atoms with Crippen LogP contribution in [-0.2, 0) is 11.3 Å². The Kier molecular flexibility index (Phi) is 5.48. The Labute approximate surface area is 165 Å². The van der Waals surface area contributed by atoms with Crippen molar-refractivity contribution in [2.75, 3.05) is 6.61 Å². The molecule has 1 amide bonds. The highest BCUT2D eigenvalue weighted by molar-refractivity contribution is 5.80. The van der Waals surface area contributed by atoms with Crippen molar-refractivity contribution in [2.45, 2.75) is 38.8 Å². The van der Waals surface area contributed by atoms with Crippen LogP contribution >= 0.6 is 0 Å². The maximum atomic E-state index is 12.6. The van der Waals surface area contributed by atoms with E-state index < -0.39 is 0 Å². The van der Waals surface area contributed by atoms with Crippen molar-refractivity contribution in [1.82, 2.24) is 10.3 Å². The molecule has 6 heteroatoms. The molecule has 2 fully saturated rings. The SMILES string of the molecule is CCOc1ccc(Oc2cc(CNC(=O)C3C4CCC(C4)C3N)ccn2)cc1. The van der Waals surface area contributed by atoms with Gasteiger partial charge in [0.05, 0.1) is 12.5 Å². The van der Waals surface area contributed by atoms with Gasteiger partial charge in [0, 0.05) is 24.8 Å². The molecule has 2 bridgehead atoms. The van der Waals surface area contributed by atoms with Gasteiger partial charge in [0.15, 0.2) is 0 Å². The Hall–Kier alpha value is -2.60. The van der Waals surface area contributed by atoms with Crippen LogP contribution in [0.2, 0.25) is 0 Å². The van der Waals surface area contributed by atoms with Crippen molar-refractivity contribution >= 4 is 5.91 Å². The molecule has 0 radical (unpaired) electrons. The van der Waals surface area contributed by atoms with Gasteiger partial charge in [0.1, 0.15) is 11.5 Å². The molecule has 1 aromatic heterocycles. The summed E-state index contributed by atoms with van der Waals surface area (Å²) in [6, 6.07) is 11.1. The van der Waals surface area contributed by atoms with Gasteiger partial charge in [-0.3, -0.25) is 4.79 Å². The maximum Gasteiger partial charge on any atom is 0.225 e. The van der Waals surface area contributed by atoms with Crippen molar-refractivity contribution < 1.29 is 14.3 Å². The zero-order valence-electron chi connectivity index (χ0n) is 16.1. The smallest absolute Gasteiger partial charge is 0.225 e. The van der Waals surface area contributed by atoms with E-state index in [0.717, 1.165) is 24.2 Å². The Balaban J connectivity index is 1.34. The summed E-state index contributed by atoms with van der Waals surface area (Å²) in [5, 5.41) is 3.05. The van der Waals surface area contributed by atoms with Crippen molar-refractivity contribution in [3.05, 3.63) is 48.2 Å². The van der Waals surface area contributed by atoms with E-state index in [0.29, 0.717) is 36.6 Å². The van der Waals surface area contributed by atoms with Gasteiger partial charge in [0.25, 0.3) is 0 Å². The lowest BCUT2D eigenvalue weighted by Crippen LogP contribution is -2.45. The van der Waals surface area contributed by atoms with E-state index in [1.165, 1.54) is 6.42 Å². The predicted molar refractivity (Wildman–Crippen MR) is 106 cm³/mol. The normalized spacial score (nSPS) is 25.5. The van der Waals surface area contributed by atoms with Crippen molar-refractivity contribution in [1.29, 1.82) is 0 Å². The third-order valence-electron chi connectivity index (χ3n) is 5.91. The number of amides is 1. The summed E-state index contributed by atoms with van der Waals surface area (Å²) in [7, 11) is 0. The first-order valence-electron chi connectivity index (χ1n) is 10.0. The van der Waals surface area contributed by atoms with Gasteiger partial charge < -0.3 is 20.5 Å². The number of nitrogens with one attached hydrogen (secondary N) is 1. The highest BCUT2D eigenvalue weighted by Crippen LogP contribution is 2.47. The molecule has 148 valence electrons. The summed E-state index contributed by atoms with van der Waals surface area (Å²) in [6.45, 7) is 3.02. The number of benzene rings is 1. The van der Waals surface area contributed by atoms with Crippen LogP contribution in [0.5, 0.6) is 17.4 Å². The van der Waals surface area contributed by atoms with E-state index in [1.807, 2.05) is 43.3 Å². The Bertz CT molecular complexity index is 822. The first-order valence-corrected chi connectivity index (χ1v) is 10.0. The molecule has 2 saturated carbocycles. The maximum absolute atomic E-state index is 12.6. The molecule has 4 rings (SSSR count). The van der Waals surface area contributed by atoms with E-state index in [4.69, 9.17) is 15.2 Å². The van der Waals surface area contributed by atoms with Gasteiger partial charge in [-0.1, -0.05) is 0 Å². The molecular weight excluding hydrogens is 354 g/mol. The van der Waals surface area contributed by atoms with Gasteiger partial charge >= 0.3 is 0 Å². The van der Waals surface area contributed by atoms with Crippen LogP contribution in [0.3, 0.4) is 0 Å². The summed E-state index contributed by atoms with van der Waals surface area (Å²) in [6.07, 6.45) is 5.10. The summed E-state index contributed by atoms with van der Waals surface area (Å²) >= 11 is 0. The molecule has 0 aliphatic heterocycles. The topological polar surface area (TPSA) is 86.5 Å². The second-order valence-electron chi connectivity index (χ2n) is 7.66. The van der Waals surface area contributed by atoms with Crippen LogP contribution in [0, 0.1) is 17.8 Å². The van der Waals surface area contributed by atoms with Crippen LogP contribution in [0.1, 0.15) is 31.7 Å². The fourth-order valence-electron chi connectivity index (χ4n) is 4.54. The van der Waals surface area contributed by atoms with Crippen LogP contribution in [-0.4, -0.2) is 23.5 Å². The molecule has 4 atom stereocenters. The average Bonchev–Trinajstić information content (AvgIpc) is 3.30. The minimum Gasteiger partial charge on any atom is -0.494 e. The second-order valence-corrected chi connectivity index (χ2v) is 7.66. The number of ether oxygens (including phenoxy) is 2. The lowest BCUT2D eigenvalue weighted by molar-refractivity contribution is -0.127. The summed E-state index contributed by atoms with van der Waals surface area (Å²) < 4.78 is 11.2. The highest BCUT2D eigenvalue weighted by Gasteiger charge is 2.48. The number of aromatic nitrogens is 1. The standard InChI is InChI=1S/C22H27N3O3/c1-2-27-17-5-7-18(8-6-17)28-19-11-14(9-10-24-19)13-25-22(26)20-15-3-4-16(12-15)21(20)23/h5-11,15-16,20-21H,2-4,12-13,23H2,1H3,(H,25,26). The number of nitrogens with two attached hydrogens (primary N) is 1. The van der Waals surface area contributed by atoms with Gasteiger partial charge in [-0.15, -0.1) is 0 Å². The lowest BCUT2D eigenvalue weighted by atomic mass is 9.84. The number of carbonyl (C=O) groups is 1. The lowest BCUT2D eigenvalue weighted by Gasteiger charge is -2.27. The number of hydrogen-bond acceptors (Lipinski definition) is 5. The number of rotatable bonds is 7. The third-order valence-corrected chi connectivity index (χ3v) is 5.91. The fraction of sp³-hybridized carbons (Fsp3) is 0.455. The quantitative estimate of drug-likeness (QED) is 0.769. The molecule has 0 saturated heterocycles. The van der Waals surface area contributed by atoms with Crippen LogP contribution in [0.25, 0.3) is 0 Å². The minimum atomic E-state index is -0.0415. The zero-order chi connectivity index (χ0) is 19.5. The number of nitrogens with zero attached hydrogens (tertiary/aromatic N) is 1. The Morgan fingerprint density at radius 1 is 1.18 bits per heavy atom. The number of pyridine rings is 1. The third kappa shape index (κ3) is 3.97. The number of hydrogen-bond donors (Lipinski definition) is 2.